The first kappa shape index (κ1) is 27.7. The number of nitrogens with zero attached hydrogens (tertiary/aromatic N) is 3. The standard InChI is InChI=1S/C29H27Cl3N4O2S/c1-17-15-20(18(2)35(17)24-9-6-7-21(30)26(24)32)28-27(23-8-4-5-12-33-23)34-29(39)36(28)19-10-11-25(22(31)16-19)38-14-13-37-3/h4-12,15-16,27-28H,13-14H2,1-3H3,(H,34,39)/t27-,28+/m0/s1. The Balaban J connectivity index is 1.62. The third-order valence-electron chi connectivity index (χ3n) is 6.80. The van der Waals surface area contributed by atoms with Gasteiger partial charge in [-0.25, -0.2) is 0 Å². The SMILES string of the molecule is COCCOc1ccc(N2C(=S)N[C@@H](c3ccccn3)[C@H]2c2cc(C)n(-c3cccc(Cl)c3Cl)c2C)cc1Cl. The van der Waals surface area contributed by atoms with Crippen molar-refractivity contribution in [3.8, 4) is 11.4 Å². The second kappa shape index (κ2) is 11.7. The molecule has 6 nitrogen and oxygen atoms in total. The number of aromatic nitrogens is 2. The lowest BCUT2D eigenvalue weighted by atomic mass is 9.96. The number of hydrogen-bond donors (Lipinski definition) is 1. The van der Waals surface area contributed by atoms with Crippen LogP contribution >= 0.6 is 47.0 Å². The second-order valence-corrected chi connectivity index (χ2v) is 10.8. The molecule has 1 saturated heterocycles. The summed E-state index contributed by atoms with van der Waals surface area (Å²) in [5.41, 5.74) is 5.64. The zero-order valence-electron chi connectivity index (χ0n) is 21.6. The van der Waals surface area contributed by atoms with Gasteiger partial charge in [0.15, 0.2) is 5.11 Å². The molecule has 39 heavy (non-hydrogen) atoms. The van der Waals surface area contributed by atoms with Gasteiger partial charge >= 0.3 is 0 Å². The molecular weight excluding hydrogens is 575 g/mol. The van der Waals surface area contributed by atoms with Gasteiger partial charge in [0.05, 0.1) is 45.1 Å². The Kier molecular flexibility index (Phi) is 8.35. The third-order valence-corrected chi connectivity index (χ3v) is 8.22. The van der Waals surface area contributed by atoms with E-state index in [0.717, 1.165) is 34.0 Å². The van der Waals surface area contributed by atoms with Gasteiger partial charge in [-0.2, -0.15) is 0 Å². The number of rotatable bonds is 8. The minimum atomic E-state index is -0.221. The van der Waals surface area contributed by atoms with Crippen LogP contribution in [0.15, 0.2) is 66.9 Å². The Morgan fingerprint density at radius 3 is 2.51 bits per heavy atom. The van der Waals surface area contributed by atoms with Crippen LogP contribution in [-0.4, -0.2) is 35.0 Å². The second-order valence-electron chi connectivity index (χ2n) is 9.19. The molecule has 202 valence electrons. The first-order valence-electron chi connectivity index (χ1n) is 12.4. The Hall–Kier alpha value is -2.81. The fourth-order valence-corrected chi connectivity index (χ4v) is 6.02. The number of anilines is 1. The van der Waals surface area contributed by atoms with Crippen LogP contribution in [0, 0.1) is 13.8 Å². The molecule has 0 bridgehead atoms. The highest BCUT2D eigenvalue weighted by atomic mass is 35.5. The molecule has 10 heteroatoms. The van der Waals surface area contributed by atoms with E-state index in [1.807, 2.05) is 48.5 Å². The number of nitrogens with one attached hydrogen (secondary N) is 1. The molecule has 0 saturated carbocycles. The molecule has 0 aliphatic carbocycles. The van der Waals surface area contributed by atoms with E-state index in [1.165, 1.54) is 0 Å². The summed E-state index contributed by atoms with van der Waals surface area (Å²) in [7, 11) is 1.63. The largest absolute Gasteiger partial charge is 0.490 e. The van der Waals surface area contributed by atoms with E-state index in [0.29, 0.717) is 39.1 Å². The number of pyridine rings is 1. The third kappa shape index (κ3) is 5.34. The van der Waals surface area contributed by atoms with Gasteiger partial charge in [-0.05, 0) is 80.2 Å². The van der Waals surface area contributed by atoms with Gasteiger partial charge < -0.3 is 24.3 Å². The highest BCUT2D eigenvalue weighted by molar-refractivity contribution is 7.80. The molecular formula is C29H27Cl3N4O2S. The first-order valence-corrected chi connectivity index (χ1v) is 13.9. The number of thiocarbonyl (C=S) groups is 1. The van der Waals surface area contributed by atoms with E-state index in [1.54, 1.807) is 19.4 Å². The van der Waals surface area contributed by atoms with Gasteiger partial charge in [0.2, 0.25) is 0 Å². The number of halogens is 3. The lowest BCUT2D eigenvalue weighted by Crippen LogP contribution is -2.29. The highest BCUT2D eigenvalue weighted by Gasteiger charge is 2.42. The summed E-state index contributed by atoms with van der Waals surface area (Å²) in [5, 5.41) is 5.57. The minimum Gasteiger partial charge on any atom is -0.490 e. The van der Waals surface area contributed by atoms with E-state index in [2.05, 4.69) is 39.7 Å². The lowest BCUT2D eigenvalue weighted by Gasteiger charge is -2.28. The Bertz CT molecular complexity index is 1510. The van der Waals surface area contributed by atoms with Crippen LogP contribution in [0.4, 0.5) is 5.69 Å². The fourth-order valence-electron chi connectivity index (χ4n) is 5.06. The molecule has 2 aromatic heterocycles. The van der Waals surface area contributed by atoms with Gasteiger partial charge in [0.1, 0.15) is 12.4 Å². The zero-order chi connectivity index (χ0) is 27.7. The van der Waals surface area contributed by atoms with Crippen molar-refractivity contribution in [1.82, 2.24) is 14.9 Å². The molecule has 1 aliphatic rings. The van der Waals surface area contributed by atoms with E-state index in [-0.39, 0.29) is 12.1 Å². The average Bonchev–Trinajstić information content (AvgIpc) is 3.42. The molecule has 0 radical (unpaired) electrons. The number of benzene rings is 2. The summed E-state index contributed by atoms with van der Waals surface area (Å²) in [4.78, 5) is 6.75. The summed E-state index contributed by atoms with van der Waals surface area (Å²) in [6, 6.07) is 19.0. The van der Waals surface area contributed by atoms with Crippen LogP contribution in [0.2, 0.25) is 15.1 Å². The predicted molar refractivity (Wildman–Crippen MR) is 162 cm³/mol. The predicted octanol–water partition coefficient (Wildman–Crippen LogP) is 7.65. The number of ether oxygens (including phenoxy) is 2. The molecule has 0 spiro atoms. The summed E-state index contributed by atoms with van der Waals surface area (Å²) in [6.07, 6.45) is 1.79. The molecule has 1 aliphatic heterocycles. The van der Waals surface area contributed by atoms with E-state index in [4.69, 9.17) is 56.5 Å². The van der Waals surface area contributed by atoms with Crippen LogP contribution in [0.3, 0.4) is 0 Å². The van der Waals surface area contributed by atoms with Crippen molar-refractivity contribution < 1.29 is 9.47 Å². The normalized spacial score (nSPS) is 17.0. The van der Waals surface area contributed by atoms with Crippen molar-refractivity contribution in [2.24, 2.45) is 0 Å². The number of aryl methyl sites for hydroxylation is 1. The minimum absolute atomic E-state index is 0.209. The van der Waals surface area contributed by atoms with E-state index in [9.17, 15) is 0 Å². The summed E-state index contributed by atoms with van der Waals surface area (Å²) in [5.74, 6) is 0.585. The lowest BCUT2D eigenvalue weighted by molar-refractivity contribution is 0.146. The molecule has 1 fully saturated rings. The Morgan fingerprint density at radius 2 is 1.79 bits per heavy atom. The number of methoxy groups -OCH3 is 1. The summed E-state index contributed by atoms with van der Waals surface area (Å²) >= 11 is 25.6. The van der Waals surface area contributed by atoms with Crippen LogP contribution in [-0.2, 0) is 4.74 Å². The topological polar surface area (TPSA) is 51.6 Å². The summed E-state index contributed by atoms with van der Waals surface area (Å²) < 4.78 is 13.0. The molecule has 0 amide bonds. The van der Waals surface area contributed by atoms with Crippen LogP contribution in [0.25, 0.3) is 5.69 Å². The van der Waals surface area contributed by atoms with Gasteiger partial charge in [-0.15, -0.1) is 0 Å². The maximum Gasteiger partial charge on any atom is 0.174 e. The first-order chi connectivity index (χ1) is 18.8. The molecule has 0 unspecified atom stereocenters. The Labute approximate surface area is 248 Å². The average molecular weight is 602 g/mol. The van der Waals surface area contributed by atoms with Crippen LogP contribution < -0.4 is 15.0 Å². The van der Waals surface area contributed by atoms with E-state index >= 15 is 0 Å². The number of hydrogen-bond acceptors (Lipinski definition) is 4. The van der Waals surface area contributed by atoms with Crippen molar-refractivity contribution >= 4 is 57.8 Å². The molecule has 2 aromatic carbocycles. The fraction of sp³-hybridized carbons (Fsp3) is 0.241. The van der Waals surface area contributed by atoms with Gasteiger partial charge in [-0.1, -0.05) is 46.9 Å². The quantitative estimate of drug-likeness (QED) is 0.165. The maximum atomic E-state index is 6.65. The molecule has 5 rings (SSSR count). The molecule has 1 N–H and O–H groups in total. The van der Waals surface area contributed by atoms with Gasteiger partial charge in [0.25, 0.3) is 0 Å². The smallest absolute Gasteiger partial charge is 0.174 e. The highest BCUT2D eigenvalue weighted by Crippen LogP contribution is 2.45. The Morgan fingerprint density at radius 1 is 0.974 bits per heavy atom. The van der Waals surface area contributed by atoms with Crippen molar-refractivity contribution in [1.29, 1.82) is 0 Å². The monoisotopic (exact) mass is 600 g/mol. The summed E-state index contributed by atoms with van der Waals surface area (Å²) in [6.45, 7) is 5.01. The zero-order valence-corrected chi connectivity index (χ0v) is 24.7. The molecule has 3 heterocycles. The van der Waals surface area contributed by atoms with Gasteiger partial charge in [0, 0.05) is 30.4 Å². The van der Waals surface area contributed by atoms with E-state index < -0.39 is 0 Å². The van der Waals surface area contributed by atoms with Crippen molar-refractivity contribution in [2.45, 2.75) is 25.9 Å². The van der Waals surface area contributed by atoms with Crippen molar-refractivity contribution in [3.63, 3.8) is 0 Å². The van der Waals surface area contributed by atoms with Crippen LogP contribution in [0.1, 0.15) is 34.7 Å². The van der Waals surface area contributed by atoms with Crippen LogP contribution in [0.5, 0.6) is 5.75 Å². The molecule has 2 atom stereocenters. The van der Waals surface area contributed by atoms with Crippen molar-refractivity contribution in [3.05, 3.63) is 105 Å². The van der Waals surface area contributed by atoms with Gasteiger partial charge in [-0.3, -0.25) is 4.98 Å². The maximum absolute atomic E-state index is 6.65. The molecule has 4 aromatic rings. The van der Waals surface area contributed by atoms with Crippen molar-refractivity contribution in [2.75, 3.05) is 25.2 Å².